The summed E-state index contributed by atoms with van der Waals surface area (Å²) in [5.41, 5.74) is 0. The Hall–Kier alpha value is 0.0425. The molecule has 0 heterocycles. The average Bonchev–Trinajstić information content (AvgIpc) is 2.00. The number of aldehydes is 1. The van der Waals surface area contributed by atoms with E-state index in [1.54, 1.807) is 0 Å². The molecule has 11 heavy (non-hydrogen) atoms. The highest BCUT2D eigenvalue weighted by Crippen LogP contribution is 1.96. The maximum Gasteiger partial charge on any atom is 0.151 e. The number of hydrogen-bond acceptors (Lipinski definition) is 5. The van der Waals surface area contributed by atoms with Gasteiger partial charge in [-0.15, -0.1) is 0 Å². The van der Waals surface area contributed by atoms with Crippen LogP contribution in [0.1, 0.15) is 0 Å². The van der Waals surface area contributed by atoms with Gasteiger partial charge in [-0.05, 0) is 0 Å². The highest BCUT2D eigenvalue weighted by atomic mass is 27.0. The lowest BCUT2D eigenvalue weighted by Crippen LogP contribution is -2.40. The zero-order chi connectivity index (χ0) is 8.15. The fraction of sp³-hybridized carbons (Fsp3) is 0.800. The fourth-order valence-electron chi connectivity index (χ4n) is 0.416. The van der Waals surface area contributed by atoms with Gasteiger partial charge in [0, 0.05) is 17.4 Å². The summed E-state index contributed by atoms with van der Waals surface area (Å²) in [6, 6.07) is 0. The van der Waals surface area contributed by atoms with E-state index in [9.17, 15) is 4.79 Å². The largest absolute Gasteiger partial charge is 0.394 e. The van der Waals surface area contributed by atoms with Crippen molar-refractivity contribution >= 4 is 23.6 Å². The minimum absolute atomic E-state index is 0. The van der Waals surface area contributed by atoms with E-state index in [2.05, 4.69) is 0 Å². The molecule has 0 aromatic heterocycles. The summed E-state index contributed by atoms with van der Waals surface area (Å²) in [7, 11) is 0. The normalized spacial score (nSPS) is 17.8. The molecule has 0 saturated carbocycles. The third-order valence-electron chi connectivity index (χ3n) is 1.07. The van der Waals surface area contributed by atoms with Gasteiger partial charge in [0.15, 0.2) is 6.29 Å². The zero-order valence-electron chi connectivity index (χ0n) is 5.79. The first-order valence-electron chi connectivity index (χ1n) is 2.73. The smallest absolute Gasteiger partial charge is 0.151 e. The summed E-state index contributed by atoms with van der Waals surface area (Å²) in [5.74, 6) is 0. The molecule has 4 N–H and O–H groups in total. The van der Waals surface area contributed by atoms with Crippen molar-refractivity contribution < 1.29 is 25.2 Å². The van der Waals surface area contributed by atoms with Crippen molar-refractivity contribution in [2.75, 3.05) is 6.61 Å². The first kappa shape index (κ1) is 13.6. The van der Waals surface area contributed by atoms with Crippen LogP contribution in [0, 0.1) is 0 Å². The van der Waals surface area contributed by atoms with Crippen molar-refractivity contribution in [3.8, 4) is 0 Å². The Morgan fingerprint density at radius 1 is 1.27 bits per heavy atom. The molecule has 0 aromatic carbocycles. The predicted molar refractivity (Wildman–Crippen MR) is 36.9 cm³/mol. The Bertz CT molecular complexity index is 109. The second-order valence-electron chi connectivity index (χ2n) is 1.87. The molecule has 6 heteroatoms. The second kappa shape index (κ2) is 6.73. The molecule has 63 valence electrons. The Labute approximate surface area is 74.4 Å². The third kappa shape index (κ3) is 4.48. The van der Waals surface area contributed by atoms with Crippen LogP contribution in [-0.4, -0.2) is 69.0 Å². The van der Waals surface area contributed by atoms with Crippen LogP contribution in [-0.2, 0) is 4.79 Å². The molecule has 3 radical (unpaired) electrons. The van der Waals surface area contributed by atoms with Crippen molar-refractivity contribution in [2.45, 2.75) is 18.3 Å². The number of rotatable bonds is 4. The SMILES string of the molecule is O=C[C@H](O)[C@H](O)[C@H](O)CO.[Al]. The molecule has 0 fully saturated rings. The number of carbonyl (C=O) groups is 1. The van der Waals surface area contributed by atoms with Crippen LogP contribution in [0.5, 0.6) is 0 Å². The summed E-state index contributed by atoms with van der Waals surface area (Å²) in [4.78, 5) is 9.76. The predicted octanol–water partition coefficient (Wildman–Crippen LogP) is -3.12. The summed E-state index contributed by atoms with van der Waals surface area (Å²) in [5, 5.41) is 34.1. The Morgan fingerprint density at radius 3 is 2.00 bits per heavy atom. The third-order valence-corrected chi connectivity index (χ3v) is 1.07. The van der Waals surface area contributed by atoms with Gasteiger partial charge in [-0.3, -0.25) is 0 Å². The lowest BCUT2D eigenvalue weighted by atomic mass is 10.1. The number of hydrogen-bond donors (Lipinski definition) is 4. The van der Waals surface area contributed by atoms with Crippen molar-refractivity contribution in [1.29, 1.82) is 0 Å². The first-order chi connectivity index (χ1) is 4.63. The van der Waals surface area contributed by atoms with E-state index >= 15 is 0 Å². The minimum Gasteiger partial charge on any atom is -0.394 e. The van der Waals surface area contributed by atoms with Crippen LogP contribution >= 0.6 is 0 Å². The topological polar surface area (TPSA) is 98.0 Å². The molecule has 0 bridgehead atoms. The number of aliphatic hydroxyl groups is 4. The van der Waals surface area contributed by atoms with Crippen LogP contribution in [0.15, 0.2) is 0 Å². The highest BCUT2D eigenvalue weighted by molar-refractivity contribution is 5.75. The van der Waals surface area contributed by atoms with E-state index in [-0.39, 0.29) is 23.6 Å². The summed E-state index contributed by atoms with van der Waals surface area (Å²) in [6.45, 7) is -0.688. The van der Waals surface area contributed by atoms with Gasteiger partial charge in [-0.2, -0.15) is 0 Å². The van der Waals surface area contributed by atoms with Gasteiger partial charge in [0.25, 0.3) is 0 Å². The molecule has 0 unspecified atom stereocenters. The quantitative estimate of drug-likeness (QED) is 0.269. The molecule has 0 spiro atoms. The average molecular weight is 177 g/mol. The summed E-state index contributed by atoms with van der Waals surface area (Å²) < 4.78 is 0. The van der Waals surface area contributed by atoms with Crippen molar-refractivity contribution in [2.24, 2.45) is 0 Å². The van der Waals surface area contributed by atoms with Gasteiger partial charge >= 0.3 is 0 Å². The first-order valence-corrected chi connectivity index (χ1v) is 2.73. The highest BCUT2D eigenvalue weighted by Gasteiger charge is 2.22. The monoisotopic (exact) mass is 177 g/mol. The summed E-state index contributed by atoms with van der Waals surface area (Å²) >= 11 is 0. The van der Waals surface area contributed by atoms with Gasteiger partial charge in [0.05, 0.1) is 6.61 Å². The fourth-order valence-corrected chi connectivity index (χ4v) is 0.416. The van der Waals surface area contributed by atoms with Crippen LogP contribution in [0.3, 0.4) is 0 Å². The van der Waals surface area contributed by atoms with E-state index in [1.807, 2.05) is 0 Å². The zero-order valence-corrected chi connectivity index (χ0v) is 6.95. The molecule has 3 atom stereocenters. The van der Waals surface area contributed by atoms with E-state index in [4.69, 9.17) is 20.4 Å². The molecule has 0 aromatic rings. The Balaban J connectivity index is 0. The van der Waals surface area contributed by atoms with Gasteiger partial charge < -0.3 is 25.2 Å². The lowest BCUT2D eigenvalue weighted by Gasteiger charge is -2.16. The van der Waals surface area contributed by atoms with Crippen molar-refractivity contribution in [3.63, 3.8) is 0 Å². The second-order valence-corrected chi connectivity index (χ2v) is 1.87. The van der Waals surface area contributed by atoms with Gasteiger partial charge in [-0.1, -0.05) is 0 Å². The molecule has 0 aliphatic carbocycles. The minimum atomic E-state index is -1.64. The molecule has 5 nitrogen and oxygen atoms in total. The molecule has 0 saturated heterocycles. The Morgan fingerprint density at radius 2 is 1.73 bits per heavy atom. The van der Waals surface area contributed by atoms with Crippen LogP contribution in [0.2, 0.25) is 0 Å². The molecule has 0 aliphatic heterocycles. The molecule has 0 aliphatic rings. The van der Waals surface area contributed by atoms with Crippen LogP contribution in [0.4, 0.5) is 0 Å². The lowest BCUT2D eigenvalue weighted by molar-refractivity contribution is -0.127. The Kier molecular flexibility index (Phi) is 8.34. The molecular formula is C5H10AlO5. The standard InChI is InChI=1S/C5H10O5.Al/c6-1-3(8)5(10)4(9)2-7;/h1,3-5,7-10H,2H2;/t3-,4+,5-;/m0./s1. The maximum absolute atomic E-state index is 9.76. The maximum atomic E-state index is 9.76. The molecular weight excluding hydrogens is 167 g/mol. The van der Waals surface area contributed by atoms with Crippen LogP contribution in [0.25, 0.3) is 0 Å². The molecule has 0 rings (SSSR count). The van der Waals surface area contributed by atoms with Crippen LogP contribution < -0.4 is 0 Å². The van der Waals surface area contributed by atoms with E-state index in [0.717, 1.165) is 0 Å². The van der Waals surface area contributed by atoms with Gasteiger partial charge in [0.1, 0.15) is 18.3 Å². The van der Waals surface area contributed by atoms with Gasteiger partial charge in [0.2, 0.25) is 0 Å². The number of carbonyl (C=O) groups excluding carboxylic acids is 1. The molecule has 0 amide bonds. The van der Waals surface area contributed by atoms with Crippen molar-refractivity contribution in [1.82, 2.24) is 0 Å². The van der Waals surface area contributed by atoms with Gasteiger partial charge in [-0.25, -0.2) is 0 Å². The summed E-state index contributed by atoms with van der Waals surface area (Å²) in [6.07, 6.45) is -4.63. The van der Waals surface area contributed by atoms with E-state index < -0.39 is 24.9 Å². The number of aliphatic hydroxyl groups excluding tert-OH is 4. The van der Waals surface area contributed by atoms with Crippen molar-refractivity contribution in [3.05, 3.63) is 0 Å². The van der Waals surface area contributed by atoms with E-state index in [0.29, 0.717) is 0 Å². The van der Waals surface area contributed by atoms with E-state index in [1.165, 1.54) is 0 Å².